The first-order chi connectivity index (χ1) is 4.20. The molecule has 0 aliphatic rings. The molecular weight excluding hydrogens is 122 g/mol. The van der Waals surface area contributed by atoms with Crippen LogP contribution in [0.3, 0.4) is 0 Å². The average Bonchev–Trinajstić information content (AvgIpc) is 1.80. The summed E-state index contributed by atoms with van der Waals surface area (Å²) in [6, 6.07) is 4.33. The molecule has 1 aromatic rings. The summed E-state index contributed by atoms with van der Waals surface area (Å²) in [4.78, 5) is 0. The Morgan fingerprint density at radius 3 is 2.56 bits per heavy atom. The third-order valence-electron chi connectivity index (χ3n) is 1.06. The molecule has 0 nitrogen and oxygen atoms in total. The number of aryl methyl sites for hydroxylation is 1. The molecule has 0 N–H and O–H groups in total. The summed E-state index contributed by atoms with van der Waals surface area (Å²) in [6.07, 6.45) is 0. The van der Waals surface area contributed by atoms with Crippen LogP contribution in [0, 0.1) is 24.6 Å². The predicted molar refractivity (Wildman–Crippen MR) is 29.9 cm³/mol. The van der Waals surface area contributed by atoms with Gasteiger partial charge in [-0.2, -0.15) is 0 Å². The normalized spacial score (nSPS) is 9.67. The molecule has 1 aromatic carbocycles. The maximum atomic E-state index is 12.3. The molecule has 2 heteroatoms. The Bertz CT molecular complexity index is 218. The van der Waals surface area contributed by atoms with Gasteiger partial charge in [0, 0.05) is 12.1 Å². The Hall–Kier alpha value is -0.920. The van der Waals surface area contributed by atoms with Crippen molar-refractivity contribution in [1.82, 2.24) is 0 Å². The van der Waals surface area contributed by atoms with Gasteiger partial charge in [0.1, 0.15) is 11.6 Å². The van der Waals surface area contributed by atoms with Gasteiger partial charge in [-0.25, -0.2) is 8.78 Å². The van der Waals surface area contributed by atoms with E-state index in [1.165, 1.54) is 6.07 Å². The molecule has 0 saturated heterocycles. The smallest absolute Gasteiger partial charge is 0.134 e. The standard InChI is InChI=1S/C7H5F2/c1-5-2-3-6(8)4-7(5)9/h2,4H,1H3. The van der Waals surface area contributed by atoms with Crippen LogP contribution in [0.25, 0.3) is 0 Å². The number of hydrogen-bond donors (Lipinski definition) is 0. The number of benzene rings is 1. The van der Waals surface area contributed by atoms with Crippen LogP contribution in [0.1, 0.15) is 5.56 Å². The molecule has 0 aliphatic heterocycles. The van der Waals surface area contributed by atoms with Crippen LogP contribution in [0.4, 0.5) is 8.78 Å². The van der Waals surface area contributed by atoms with Crippen molar-refractivity contribution in [3.63, 3.8) is 0 Å². The first-order valence-corrected chi connectivity index (χ1v) is 2.53. The molecule has 0 aliphatic carbocycles. The second kappa shape index (κ2) is 2.13. The fourth-order valence-corrected chi connectivity index (χ4v) is 0.513. The summed E-state index contributed by atoms with van der Waals surface area (Å²) in [5.74, 6) is -1.18. The Morgan fingerprint density at radius 2 is 2.11 bits per heavy atom. The fourth-order valence-electron chi connectivity index (χ4n) is 0.513. The highest BCUT2D eigenvalue weighted by Gasteiger charge is 1.96. The van der Waals surface area contributed by atoms with E-state index in [1.54, 1.807) is 6.92 Å². The van der Waals surface area contributed by atoms with Gasteiger partial charge in [-0.05, 0) is 18.6 Å². The zero-order chi connectivity index (χ0) is 6.85. The van der Waals surface area contributed by atoms with Gasteiger partial charge in [0.05, 0.1) is 0 Å². The summed E-state index contributed by atoms with van der Waals surface area (Å²) in [5, 5.41) is 0. The van der Waals surface area contributed by atoms with Gasteiger partial charge >= 0.3 is 0 Å². The minimum atomic E-state index is -0.655. The monoisotopic (exact) mass is 127 g/mol. The SMILES string of the molecule is Cc1c[c]c(F)cc1F. The molecule has 47 valence electrons. The minimum absolute atomic E-state index is 0.413. The number of hydrogen-bond acceptors (Lipinski definition) is 0. The average molecular weight is 127 g/mol. The zero-order valence-electron chi connectivity index (χ0n) is 4.91. The third kappa shape index (κ3) is 1.25. The quantitative estimate of drug-likeness (QED) is 0.500. The largest absolute Gasteiger partial charge is 0.207 e. The van der Waals surface area contributed by atoms with E-state index in [2.05, 4.69) is 6.07 Å². The van der Waals surface area contributed by atoms with Gasteiger partial charge in [-0.1, -0.05) is 0 Å². The molecular formula is C7H5F2. The topological polar surface area (TPSA) is 0 Å². The highest BCUT2D eigenvalue weighted by Crippen LogP contribution is 2.05. The van der Waals surface area contributed by atoms with E-state index < -0.39 is 11.6 Å². The lowest BCUT2D eigenvalue weighted by molar-refractivity contribution is 0.576. The molecule has 9 heavy (non-hydrogen) atoms. The Labute approximate surface area is 52.1 Å². The molecule has 0 bridgehead atoms. The summed E-state index contributed by atoms with van der Waals surface area (Å²) in [7, 11) is 0. The van der Waals surface area contributed by atoms with Crippen molar-refractivity contribution in [2.75, 3.05) is 0 Å². The van der Waals surface area contributed by atoms with Gasteiger partial charge in [0.25, 0.3) is 0 Å². The Morgan fingerprint density at radius 1 is 1.44 bits per heavy atom. The highest BCUT2D eigenvalue weighted by molar-refractivity contribution is 5.15. The van der Waals surface area contributed by atoms with Gasteiger partial charge < -0.3 is 0 Å². The van der Waals surface area contributed by atoms with Crippen LogP contribution in [0.2, 0.25) is 0 Å². The first-order valence-electron chi connectivity index (χ1n) is 2.53. The van der Waals surface area contributed by atoms with Crippen molar-refractivity contribution in [3.05, 3.63) is 35.4 Å². The number of rotatable bonds is 0. The first kappa shape index (κ1) is 6.20. The van der Waals surface area contributed by atoms with E-state index in [-0.39, 0.29) is 0 Å². The Balaban J connectivity index is 3.17. The van der Waals surface area contributed by atoms with Gasteiger partial charge in [-0.15, -0.1) is 0 Å². The van der Waals surface area contributed by atoms with Crippen LogP contribution in [0.5, 0.6) is 0 Å². The van der Waals surface area contributed by atoms with Gasteiger partial charge in [0.2, 0.25) is 0 Å². The van der Waals surface area contributed by atoms with Crippen LogP contribution < -0.4 is 0 Å². The molecule has 0 unspecified atom stereocenters. The molecule has 0 saturated carbocycles. The van der Waals surface area contributed by atoms with Crippen LogP contribution in [-0.2, 0) is 0 Å². The number of halogens is 2. The highest BCUT2D eigenvalue weighted by atomic mass is 19.1. The van der Waals surface area contributed by atoms with Crippen molar-refractivity contribution in [1.29, 1.82) is 0 Å². The molecule has 0 amide bonds. The lowest BCUT2D eigenvalue weighted by Gasteiger charge is -1.91. The van der Waals surface area contributed by atoms with E-state index in [9.17, 15) is 8.78 Å². The molecule has 0 spiro atoms. The van der Waals surface area contributed by atoms with Crippen LogP contribution in [-0.4, -0.2) is 0 Å². The maximum absolute atomic E-state index is 12.3. The second-order valence-electron chi connectivity index (χ2n) is 1.81. The Kier molecular flexibility index (Phi) is 1.47. The van der Waals surface area contributed by atoms with Gasteiger partial charge in [0.15, 0.2) is 0 Å². The van der Waals surface area contributed by atoms with E-state index in [0.717, 1.165) is 6.07 Å². The molecule has 0 atom stereocenters. The van der Waals surface area contributed by atoms with E-state index in [1.807, 2.05) is 0 Å². The zero-order valence-corrected chi connectivity index (χ0v) is 4.91. The van der Waals surface area contributed by atoms with Crippen molar-refractivity contribution >= 4 is 0 Å². The summed E-state index contributed by atoms with van der Waals surface area (Å²) in [6.45, 7) is 1.56. The van der Waals surface area contributed by atoms with Crippen molar-refractivity contribution in [2.45, 2.75) is 6.92 Å². The summed E-state index contributed by atoms with van der Waals surface area (Å²) >= 11 is 0. The fraction of sp³-hybridized carbons (Fsp3) is 0.143. The summed E-state index contributed by atoms with van der Waals surface area (Å²) in [5.41, 5.74) is 0.413. The second-order valence-corrected chi connectivity index (χ2v) is 1.81. The van der Waals surface area contributed by atoms with E-state index in [4.69, 9.17) is 0 Å². The van der Waals surface area contributed by atoms with E-state index >= 15 is 0 Å². The maximum Gasteiger partial charge on any atom is 0.134 e. The van der Waals surface area contributed by atoms with Crippen molar-refractivity contribution in [2.24, 2.45) is 0 Å². The van der Waals surface area contributed by atoms with Crippen molar-refractivity contribution in [3.8, 4) is 0 Å². The van der Waals surface area contributed by atoms with Crippen LogP contribution >= 0.6 is 0 Å². The third-order valence-corrected chi connectivity index (χ3v) is 1.06. The molecule has 0 aromatic heterocycles. The van der Waals surface area contributed by atoms with Crippen LogP contribution in [0.15, 0.2) is 12.1 Å². The summed E-state index contributed by atoms with van der Waals surface area (Å²) < 4.78 is 24.4. The van der Waals surface area contributed by atoms with E-state index in [0.29, 0.717) is 5.56 Å². The molecule has 1 radical (unpaired) electrons. The van der Waals surface area contributed by atoms with Crippen molar-refractivity contribution < 1.29 is 8.78 Å². The minimum Gasteiger partial charge on any atom is -0.207 e. The molecule has 1 rings (SSSR count). The molecule has 0 fully saturated rings. The lowest BCUT2D eigenvalue weighted by Crippen LogP contribution is -1.82. The lowest BCUT2D eigenvalue weighted by atomic mass is 10.2. The molecule has 0 heterocycles. The van der Waals surface area contributed by atoms with Gasteiger partial charge in [-0.3, -0.25) is 0 Å². The predicted octanol–water partition coefficient (Wildman–Crippen LogP) is 2.07.